The van der Waals surface area contributed by atoms with Gasteiger partial charge in [-0.1, -0.05) is 19.3 Å². The Labute approximate surface area is 57.6 Å². The summed E-state index contributed by atoms with van der Waals surface area (Å²) in [4.78, 5) is 0. The first-order chi connectivity index (χ1) is 4.33. The van der Waals surface area contributed by atoms with Gasteiger partial charge >= 0.3 is 0 Å². The second kappa shape index (κ2) is 1.74. The van der Waals surface area contributed by atoms with Crippen LogP contribution in [0.25, 0.3) is 0 Å². The first kappa shape index (κ1) is 5.76. The third kappa shape index (κ3) is 0.798. The molecule has 0 amide bonds. The Kier molecular flexibility index (Phi) is 1.12. The monoisotopic (exact) mass is 123 g/mol. The molecule has 1 atom stereocenters. The third-order valence-electron chi connectivity index (χ3n) is 3.21. The molecule has 2 rings (SSSR count). The van der Waals surface area contributed by atoms with Crippen LogP contribution in [-0.4, -0.2) is 0 Å². The van der Waals surface area contributed by atoms with Gasteiger partial charge in [0.25, 0.3) is 0 Å². The van der Waals surface area contributed by atoms with E-state index in [0.717, 1.165) is 11.3 Å². The fourth-order valence-corrected chi connectivity index (χ4v) is 2.30. The summed E-state index contributed by atoms with van der Waals surface area (Å²) in [5, 5.41) is 0. The van der Waals surface area contributed by atoms with E-state index in [4.69, 9.17) is 0 Å². The quantitative estimate of drug-likeness (QED) is 0.464. The molecule has 0 bridgehead atoms. The first-order valence-electron chi connectivity index (χ1n) is 4.17. The van der Waals surface area contributed by atoms with Crippen LogP contribution in [-0.2, 0) is 0 Å². The van der Waals surface area contributed by atoms with E-state index in [2.05, 4.69) is 6.92 Å². The fraction of sp³-hybridized carbons (Fsp3) is 0.889. The molecule has 0 heterocycles. The van der Waals surface area contributed by atoms with Crippen molar-refractivity contribution in [2.24, 2.45) is 11.3 Å². The molecule has 0 aromatic rings. The molecule has 1 spiro atoms. The van der Waals surface area contributed by atoms with E-state index in [-0.39, 0.29) is 0 Å². The van der Waals surface area contributed by atoms with E-state index in [0.29, 0.717) is 0 Å². The highest BCUT2D eigenvalue weighted by Crippen LogP contribution is 2.60. The summed E-state index contributed by atoms with van der Waals surface area (Å²) < 4.78 is 0. The number of rotatable bonds is 0. The topological polar surface area (TPSA) is 0 Å². The van der Waals surface area contributed by atoms with Crippen LogP contribution in [0.5, 0.6) is 0 Å². The summed E-state index contributed by atoms with van der Waals surface area (Å²) in [5.74, 6) is 0.831. The van der Waals surface area contributed by atoms with Crippen LogP contribution in [0, 0.1) is 18.3 Å². The van der Waals surface area contributed by atoms with Gasteiger partial charge in [-0.2, -0.15) is 0 Å². The zero-order valence-corrected chi connectivity index (χ0v) is 6.03. The van der Waals surface area contributed by atoms with Crippen LogP contribution in [0.4, 0.5) is 0 Å². The van der Waals surface area contributed by atoms with Crippen molar-refractivity contribution in [3.8, 4) is 0 Å². The molecule has 0 nitrogen and oxygen atoms in total. The summed E-state index contributed by atoms with van der Waals surface area (Å²) in [6.07, 6.45) is 8.85. The molecule has 2 aliphatic carbocycles. The molecule has 0 N–H and O–H groups in total. The summed E-state index contributed by atoms with van der Waals surface area (Å²) in [6.45, 7) is 4.13. The zero-order chi connectivity index (χ0) is 6.32. The largest absolute Gasteiger partial charge is 0.0533 e. The highest BCUT2D eigenvalue weighted by molar-refractivity contribution is 5.04. The number of hydrogen-bond donors (Lipinski definition) is 0. The molecule has 0 aliphatic heterocycles. The van der Waals surface area contributed by atoms with E-state index in [9.17, 15) is 0 Å². The van der Waals surface area contributed by atoms with E-state index < -0.39 is 0 Å². The molecule has 0 aromatic heterocycles. The smallest absolute Gasteiger partial charge is 0.0266 e. The van der Waals surface area contributed by atoms with Crippen molar-refractivity contribution in [1.29, 1.82) is 0 Å². The Morgan fingerprint density at radius 1 is 1.11 bits per heavy atom. The second-order valence-electron chi connectivity index (χ2n) is 3.82. The molecule has 2 fully saturated rings. The second-order valence-corrected chi connectivity index (χ2v) is 3.82. The molecule has 2 aliphatic rings. The van der Waals surface area contributed by atoms with Crippen molar-refractivity contribution in [2.45, 2.75) is 38.5 Å². The Morgan fingerprint density at radius 2 is 1.67 bits per heavy atom. The van der Waals surface area contributed by atoms with E-state index in [1.165, 1.54) is 38.5 Å². The average Bonchev–Trinajstić information content (AvgIpc) is 2.44. The molecule has 9 heavy (non-hydrogen) atoms. The molecule has 1 radical (unpaired) electrons. The minimum absolute atomic E-state index is 0.776. The Hall–Kier alpha value is 0. The van der Waals surface area contributed by atoms with Crippen LogP contribution in [0.1, 0.15) is 38.5 Å². The molecule has 2 saturated carbocycles. The normalized spacial score (nSPS) is 39.0. The zero-order valence-electron chi connectivity index (χ0n) is 6.03. The van der Waals surface area contributed by atoms with Gasteiger partial charge in [0.15, 0.2) is 0 Å². The summed E-state index contributed by atoms with van der Waals surface area (Å²) in [6, 6.07) is 0. The van der Waals surface area contributed by atoms with Gasteiger partial charge < -0.3 is 0 Å². The summed E-state index contributed by atoms with van der Waals surface area (Å²) in [7, 11) is 0. The van der Waals surface area contributed by atoms with Gasteiger partial charge in [0.2, 0.25) is 0 Å². The lowest BCUT2D eigenvalue weighted by Gasteiger charge is -2.21. The molecular formula is C9H15. The van der Waals surface area contributed by atoms with Crippen LogP contribution in [0.2, 0.25) is 0 Å². The van der Waals surface area contributed by atoms with Gasteiger partial charge in [0.05, 0.1) is 0 Å². The van der Waals surface area contributed by atoms with E-state index in [1.54, 1.807) is 0 Å². The van der Waals surface area contributed by atoms with E-state index >= 15 is 0 Å². The van der Waals surface area contributed by atoms with Crippen LogP contribution < -0.4 is 0 Å². The lowest BCUT2D eigenvalue weighted by molar-refractivity contribution is 0.320. The van der Waals surface area contributed by atoms with Crippen LogP contribution in [0.15, 0.2) is 0 Å². The van der Waals surface area contributed by atoms with Gasteiger partial charge in [0.1, 0.15) is 0 Å². The Balaban J connectivity index is 1.97. The molecular weight excluding hydrogens is 108 g/mol. The third-order valence-corrected chi connectivity index (χ3v) is 3.21. The molecule has 0 heteroatoms. The molecule has 1 unspecified atom stereocenters. The maximum Gasteiger partial charge on any atom is -0.0266 e. The minimum atomic E-state index is 0.776. The fourth-order valence-electron chi connectivity index (χ4n) is 2.30. The minimum Gasteiger partial charge on any atom is -0.0533 e. The van der Waals surface area contributed by atoms with Crippen molar-refractivity contribution < 1.29 is 0 Å². The van der Waals surface area contributed by atoms with Crippen molar-refractivity contribution >= 4 is 0 Å². The van der Waals surface area contributed by atoms with Crippen LogP contribution >= 0.6 is 0 Å². The van der Waals surface area contributed by atoms with Crippen molar-refractivity contribution in [1.82, 2.24) is 0 Å². The Morgan fingerprint density at radius 3 is 2.00 bits per heavy atom. The molecule has 0 aromatic carbocycles. The van der Waals surface area contributed by atoms with Gasteiger partial charge in [-0.05, 0) is 37.5 Å². The van der Waals surface area contributed by atoms with Crippen molar-refractivity contribution in [3.05, 3.63) is 6.92 Å². The van der Waals surface area contributed by atoms with Crippen molar-refractivity contribution in [3.63, 3.8) is 0 Å². The maximum absolute atomic E-state index is 4.13. The standard InChI is InChI=1S/C9H15/c1-8-7-9(8)5-3-2-4-6-9/h8H,1-7H2. The van der Waals surface area contributed by atoms with Gasteiger partial charge in [-0.3, -0.25) is 0 Å². The summed E-state index contributed by atoms with van der Waals surface area (Å²) >= 11 is 0. The van der Waals surface area contributed by atoms with Gasteiger partial charge in [0, 0.05) is 0 Å². The SMILES string of the molecule is [CH2]C1CC12CCCCC2. The average molecular weight is 123 g/mol. The highest BCUT2D eigenvalue weighted by Gasteiger charge is 2.50. The van der Waals surface area contributed by atoms with Gasteiger partial charge in [-0.25, -0.2) is 0 Å². The lowest BCUT2D eigenvalue weighted by atomic mass is 9.85. The Bertz CT molecular complexity index is 109. The number of hydrogen-bond acceptors (Lipinski definition) is 0. The van der Waals surface area contributed by atoms with E-state index in [1.807, 2.05) is 0 Å². The predicted molar refractivity (Wildman–Crippen MR) is 39.0 cm³/mol. The van der Waals surface area contributed by atoms with Gasteiger partial charge in [-0.15, -0.1) is 0 Å². The first-order valence-corrected chi connectivity index (χ1v) is 4.17. The summed E-state index contributed by atoms with van der Waals surface area (Å²) in [5.41, 5.74) is 0.776. The molecule has 51 valence electrons. The highest BCUT2D eigenvalue weighted by atomic mass is 14.5. The predicted octanol–water partition coefficient (Wildman–Crippen LogP) is 2.79. The van der Waals surface area contributed by atoms with Crippen molar-refractivity contribution in [2.75, 3.05) is 0 Å². The molecule has 0 saturated heterocycles. The van der Waals surface area contributed by atoms with Crippen LogP contribution in [0.3, 0.4) is 0 Å². The lowest BCUT2D eigenvalue weighted by Crippen LogP contribution is -2.08. The maximum atomic E-state index is 4.13.